The topological polar surface area (TPSA) is 48.5 Å². The number of rotatable bonds is 4. The first-order valence-electron chi connectivity index (χ1n) is 9.36. The summed E-state index contributed by atoms with van der Waals surface area (Å²) in [5, 5.41) is 4.68. The van der Waals surface area contributed by atoms with E-state index in [0.29, 0.717) is 19.0 Å². The van der Waals surface area contributed by atoms with Crippen LogP contribution in [0.2, 0.25) is 0 Å². The Bertz CT molecular complexity index is 798. The summed E-state index contributed by atoms with van der Waals surface area (Å²) in [5.41, 5.74) is 2.04. The fraction of sp³-hybridized carbons (Fsp3) is 0.500. The zero-order valence-electron chi connectivity index (χ0n) is 15.1. The molecule has 0 radical (unpaired) electrons. The third-order valence-electron chi connectivity index (χ3n) is 5.45. The molecule has 5 nitrogen and oxygen atoms in total. The molecule has 2 aromatic rings. The Morgan fingerprint density at radius 1 is 1.35 bits per heavy atom. The first-order chi connectivity index (χ1) is 12.6. The summed E-state index contributed by atoms with van der Waals surface area (Å²) >= 11 is 0. The summed E-state index contributed by atoms with van der Waals surface area (Å²) in [5.74, 6) is 0.0493. The maximum absolute atomic E-state index is 13.5. The quantitative estimate of drug-likeness (QED) is 0.915. The molecule has 2 aliphatic heterocycles. The van der Waals surface area contributed by atoms with Gasteiger partial charge in [0.2, 0.25) is 5.91 Å². The number of aromatic nitrogens is 1. The van der Waals surface area contributed by atoms with Crippen LogP contribution in [0.4, 0.5) is 10.1 Å². The Hall–Kier alpha value is -2.21. The number of likely N-dealkylation sites (tertiary alicyclic amines) is 2. The van der Waals surface area contributed by atoms with Gasteiger partial charge in [0.25, 0.3) is 0 Å². The lowest BCUT2D eigenvalue weighted by Gasteiger charge is -2.24. The van der Waals surface area contributed by atoms with E-state index >= 15 is 0 Å². The zero-order chi connectivity index (χ0) is 18.1. The molecule has 0 bridgehead atoms. The van der Waals surface area contributed by atoms with Crippen LogP contribution in [0.3, 0.4) is 0 Å². The molecule has 0 saturated carbocycles. The lowest BCUT2D eigenvalue weighted by atomic mass is 10.2. The van der Waals surface area contributed by atoms with Crippen LogP contribution in [-0.4, -0.2) is 65.1 Å². The minimum Gasteiger partial charge on any atom is -0.381 e. The minimum absolute atomic E-state index is 0.0131. The first-order valence-corrected chi connectivity index (χ1v) is 9.36. The van der Waals surface area contributed by atoms with Crippen LogP contribution in [0.15, 0.2) is 36.5 Å². The number of nitrogens with one attached hydrogen (secondary N) is 1. The van der Waals surface area contributed by atoms with Crippen molar-refractivity contribution in [2.75, 3.05) is 31.5 Å². The summed E-state index contributed by atoms with van der Waals surface area (Å²) in [4.78, 5) is 20.7. The molecule has 4 rings (SSSR count). The van der Waals surface area contributed by atoms with Crippen molar-refractivity contribution < 1.29 is 9.18 Å². The summed E-state index contributed by atoms with van der Waals surface area (Å²) in [6.07, 6.45) is 2.39. The number of benzene rings is 1. The smallest absolute Gasteiger partial charge is 0.237 e. The highest BCUT2D eigenvalue weighted by molar-refractivity contribution is 5.82. The van der Waals surface area contributed by atoms with Gasteiger partial charge in [-0.05, 0) is 31.5 Å². The average Bonchev–Trinajstić information content (AvgIpc) is 3.20. The fourth-order valence-electron chi connectivity index (χ4n) is 4.08. The van der Waals surface area contributed by atoms with Crippen LogP contribution < -0.4 is 5.32 Å². The summed E-state index contributed by atoms with van der Waals surface area (Å²) in [6.45, 7) is 4.28. The number of carbonyl (C=O) groups is 1. The summed E-state index contributed by atoms with van der Waals surface area (Å²) < 4.78 is 13.5. The number of alkyl halides is 1. The van der Waals surface area contributed by atoms with Crippen LogP contribution in [0, 0.1) is 0 Å². The molecule has 1 aromatic heterocycles. The van der Waals surface area contributed by atoms with Crippen LogP contribution in [-0.2, 0) is 4.79 Å². The molecule has 138 valence electrons. The van der Waals surface area contributed by atoms with Gasteiger partial charge in [-0.15, -0.1) is 0 Å². The van der Waals surface area contributed by atoms with Crippen molar-refractivity contribution in [1.82, 2.24) is 14.8 Å². The molecule has 0 aliphatic carbocycles. The van der Waals surface area contributed by atoms with Gasteiger partial charge in [0.05, 0.1) is 18.6 Å². The summed E-state index contributed by atoms with van der Waals surface area (Å²) in [6, 6.07) is 10.5. The van der Waals surface area contributed by atoms with Crippen molar-refractivity contribution in [3.8, 4) is 0 Å². The Labute approximate surface area is 153 Å². The molecule has 1 amide bonds. The normalized spacial score (nSPS) is 26.5. The maximum Gasteiger partial charge on any atom is 0.237 e. The van der Waals surface area contributed by atoms with Crippen LogP contribution in [0.25, 0.3) is 10.9 Å². The summed E-state index contributed by atoms with van der Waals surface area (Å²) in [7, 11) is 0. The number of halogens is 1. The number of hydrogen-bond donors (Lipinski definition) is 1. The van der Waals surface area contributed by atoms with Gasteiger partial charge in [0.1, 0.15) is 6.17 Å². The van der Waals surface area contributed by atoms with Gasteiger partial charge >= 0.3 is 0 Å². The molecule has 2 aliphatic rings. The van der Waals surface area contributed by atoms with Crippen molar-refractivity contribution in [3.05, 3.63) is 36.5 Å². The number of fused-ring (bicyclic) bond motifs is 1. The van der Waals surface area contributed by atoms with E-state index in [1.807, 2.05) is 13.0 Å². The van der Waals surface area contributed by atoms with E-state index in [9.17, 15) is 9.18 Å². The van der Waals surface area contributed by atoms with Gasteiger partial charge in [-0.2, -0.15) is 0 Å². The van der Waals surface area contributed by atoms with Crippen molar-refractivity contribution in [3.63, 3.8) is 0 Å². The van der Waals surface area contributed by atoms with Gasteiger partial charge in [0.15, 0.2) is 0 Å². The molecule has 2 saturated heterocycles. The molecule has 0 unspecified atom stereocenters. The molecule has 0 spiro atoms. The third-order valence-corrected chi connectivity index (χ3v) is 5.45. The second-order valence-electron chi connectivity index (χ2n) is 7.50. The van der Waals surface area contributed by atoms with E-state index in [2.05, 4.69) is 39.5 Å². The van der Waals surface area contributed by atoms with Crippen LogP contribution in [0.5, 0.6) is 0 Å². The highest BCUT2D eigenvalue weighted by Gasteiger charge is 2.34. The standard InChI is InChI=1S/C20H25FN4O/c1-14-9-16(21)11-25(14)20(26)13-24-8-6-18(12-24)23-17-5-4-15-3-2-7-22-19(15)10-17/h2-5,7,10,14,16,18,23H,6,8-9,11-13H2,1H3/t14-,16+,18-/m1/s1. The number of amides is 1. The molecule has 6 heteroatoms. The Kier molecular flexibility index (Phi) is 4.76. The van der Waals surface area contributed by atoms with Crippen molar-refractivity contribution in [1.29, 1.82) is 0 Å². The Morgan fingerprint density at radius 2 is 2.23 bits per heavy atom. The Balaban J connectivity index is 1.32. The molecule has 3 atom stereocenters. The monoisotopic (exact) mass is 356 g/mol. The number of pyridine rings is 1. The van der Waals surface area contributed by atoms with Crippen molar-refractivity contribution >= 4 is 22.5 Å². The zero-order valence-corrected chi connectivity index (χ0v) is 15.1. The van der Waals surface area contributed by atoms with E-state index in [-0.39, 0.29) is 18.5 Å². The lowest BCUT2D eigenvalue weighted by Crippen LogP contribution is -2.42. The molecule has 1 N–H and O–H groups in total. The number of anilines is 1. The molecule has 26 heavy (non-hydrogen) atoms. The molecule has 1 aromatic carbocycles. The maximum atomic E-state index is 13.5. The van der Waals surface area contributed by atoms with Gasteiger partial charge < -0.3 is 10.2 Å². The Morgan fingerprint density at radius 3 is 3.04 bits per heavy atom. The van der Waals surface area contributed by atoms with E-state index in [0.717, 1.165) is 36.1 Å². The van der Waals surface area contributed by atoms with Crippen molar-refractivity contribution in [2.24, 2.45) is 0 Å². The predicted octanol–water partition coefficient (Wildman–Crippen LogP) is 2.68. The largest absolute Gasteiger partial charge is 0.381 e. The fourth-order valence-corrected chi connectivity index (χ4v) is 4.08. The third kappa shape index (κ3) is 3.65. The molecular weight excluding hydrogens is 331 g/mol. The average molecular weight is 356 g/mol. The second kappa shape index (κ2) is 7.19. The highest BCUT2D eigenvalue weighted by Crippen LogP contribution is 2.22. The number of carbonyl (C=O) groups excluding carboxylic acids is 1. The van der Waals surface area contributed by atoms with Gasteiger partial charge in [-0.3, -0.25) is 14.7 Å². The predicted molar refractivity (Wildman–Crippen MR) is 101 cm³/mol. The number of hydrogen-bond acceptors (Lipinski definition) is 4. The van der Waals surface area contributed by atoms with Gasteiger partial charge in [-0.1, -0.05) is 12.1 Å². The van der Waals surface area contributed by atoms with Crippen LogP contribution >= 0.6 is 0 Å². The lowest BCUT2D eigenvalue weighted by molar-refractivity contribution is -0.132. The second-order valence-corrected chi connectivity index (χ2v) is 7.50. The minimum atomic E-state index is -0.872. The molecular formula is C20H25FN4O. The van der Waals surface area contributed by atoms with E-state index in [1.54, 1.807) is 11.1 Å². The molecule has 2 fully saturated rings. The number of nitrogens with zero attached hydrogens (tertiary/aromatic N) is 3. The van der Waals surface area contributed by atoms with Crippen LogP contribution in [0.1, 0.15) is 19.8 Å². The highest BCUT2D eigenvalue weighted by atomic mass is 19.1. The van der Waals surface area contributed by atoms with E-state index in [1.165, 1.54) is 0 Å². The van der Waals surface area contributed by atoms with Crippen molar-refractivity contribution in [2.45, 2.75) is 38.0 Å². The van der Waals surface area contributed by atoms with Gasteiger partial charge in [0, 0.05) is 48.9 Å². The SMILES string of the molecule is C[C@@H]1C[C@H](F)CN1C(=O)CN1CC[C@@H](Nc2ccc3cccnc3c2)C1. The van der Waals surface area contributed by atoms with Gasteiger partial charge in [-0.25, -0.2) is 4.39 Å². The first kappa shape index (κ1) is 17.2. The molecule has 3 heterocycles. The van der Waals surface area contributed by atoms with E-state index < -0.39 is 6.17 Å². The van der Waals surface area contributed by atoms with E-state index in [4.69, 9.17) is 0 Å².